The van der Waals surface area contributed by atoms with Gasteiger partial charge in [-0.05, 0) is 7.05 Å². The van der Waals surface area contributed by atoms with E-state index in [0.29, 0.717) is 0 Å². The smallest absolute Gasteiger partial charge is 0.202 e. The van der Waals surface area contributed by atoms with Gasteiger partial charge in [0, 0.05) is 45.0 Å². The zero-order chi connectivity index (χ0) is 9.26. The van der Waals surface area contributed by atoms with E-state index in [1.807, 2.05) is 24.0 Å². The summed E-state index contributed by atoms with van der Waals surface area (Å²) in [6, 6.07) is 0. The van der Waals surface area contributed by atoms with Gasteiger partial charge in [-0.25, -0.2) is 4.98 Å². The molecular weight excluding hydrogens is 164 g/mol. The summed E-state index contributed by atoms with van der Waals surface area (Å²) in [5, 5.41) is 3.34. The highest BCUT2D eigenvalue weighted by Gasteiger charge is 2.22. The molecule has 2 heterocycles. The van der Waals surface area contributed by atoms with Crippen molar-refractivity contribution in [3.05, 3.63) is 12.4 Å². The molecule has 72 valence electrons. The van der Waals surface area contributed by atoms with Gasteiger partial charge < -0.3 is 14.8 Å². The lowest BCUT2D eigenvalue weighted by Gasteiger charge is -2.36. The Balaban J connectivity index is 1.77. The fourth-order valence-corrected chi connectivity index (χ4v) is 1.73. The molecule has 0 unspecified atom stereocenters. The molecule has 0 spiro atoms. The number of rotatable bonds is 3. The maximum atomic E-state index is 4.20. The van der Waals surface area contributed by atoms with Crippen molar-refractivity contribution in [2.75, 3.05) is 32.0 Å². The van der Waals surface area contributed by atoms with Crippen molar-refractivity contribution in [3.63, 3.8) is 0 Å². The number of hydrogen-bond acceptors (Lipinski definition) is 3. The highest BCUT2D eigenvalue weighted by atomic mass is 15.2. The van der Waals surface area contributed by atoms with Crippen molar-refractivity contribution in [2.45, 2.75) is 0 Å². The van der Waals surface area contributed by atoms with Gasteiger partial charge in [0.1, 0.15) is 0 Å². The van der Waals surface area contributed by atoms with Gasteiger partial charge in [-0.1, -0.05) is 0 Å². The predicted octanol–water partition coefficient (Wildman–Crippen LogP) is 0.394. The molecule has 1 N–H and O–H groups in total. The number of nitrogens with one attached hydrogen (secondary N) is 1. The SMILES string of the molecule is CN1CC(CNc2nccn2C)C1. The maximum Gasteiger partial charge on any atom is 0.202 e. The Morgan fingerprint density at radius 3 is 2.85 bits per heavy atom. The van der Waals surface area contributed by atoms with Crippen LogP contribution in [0.4, 0.5) is 5.95 Å². The summed E-state index contributed by atoms with van der Waals surface area (Å²) < 4.78 is 2.00. The first-order valence-electron chi connectivity index (χ1n) is 4.65. The summed E-state index contributed by atoms with van der Waals surface area (Å²) in [5.74, 6) is 1.76. The van der Waals surface area contributed by atoms with Gasteiger partial charge in [0.05, 0.1) is 0 Å². The molecule has 4 nitrogen and oxygen atoms in total. The summed E-state index contributed by atoms with van der Waals surface area (Å²) in [5.41, 5.74) is 0. The summed E-state index contributed by atoms with van der Waals surface area (Å²) in [6.45, 7) is 3.45. The molecule has 1 fully saturated rings. The Kier molecular flexibility index (Phi) is 2.22. The molecule has 2 rings (SSSR count). The molecule has 1 aliphatic heterocycles. The summed E-state index contributed by atoms with van der Waals surface area (Å²) in [4.78, 5) is 6.53. The van der Waals surface area contributed by atoms with E-state index in [4.69, 9.17) is 0 Å². The number of aryl methyl sites for hydroxylation is 1. The first kappa shape index (κ1) is 8.56. The van der Waals surface area contributed by atoms with Gasteiger partial charge in [-0.2, -0.15) is 0 Å². The standard InChI is InChI=1S/C9H16N4/c1-12-6-8(7-12)5-11-9-10-3-4-13(9)2/h3-4,8H,5-7H2,1-2H3,(H,10,11). The van der Waals surface area contributed by atoms with Crippen LogP contribution in [0, 0.1) is 5.92 Å². The normalized spacial score (nSPS) is 18.6. The van der Waals surface area contributed by atoms with Crippen LogP contribution < -0.4 is 5.32 Å². The molecule has 1 aromatic rings. The third kappa shape index (κ3) is 1.83. The number of nitrogens with zero attached hydrogens (tertiary/aromatic N) is 3. The molecule has 0 saturated carbocycles. The molecule has 0 bridgehead atoms. The summed E-state index contributed by atoms with van der Waals surface area (Å²) in [7, 11) is 4.15. The molecule has 1 saturated heterocycles. The number of anilines is 1. The lowest BCUT2D eigenvalue weighted by atomic mass is 10.0. The number of hydrogen-bond donors (Lipinski definition) is 1. The zero-order valence-electron chi connectivity index (χ0n) is 8.20. The molecule has 0 amide bonds. The van der Waals surface area contributed by atoms with E-state index >= 15 is 0 Å². The first-order valence-corrected chi connectivity index (χ1v) is 4.65. The van der Waals surface area contributed by atoms with Crippen LogP contribution in [0.25, 0.3) is 0 Å². The van der Waals surface area contributed by atoms with Crippen LogP contribution in [0.15, 0.2) is 12.4 Å². The monoisotopic (exact) mass is 180 g/mol. The van der Waals surface area contributed by atoms with E-state index in [0.717, 1.165) is 18.4 Å². The number of imidazole rings is 1. The van der Waals surface area contributed by atoms with E-state index in [-0.39, 0.29) is 0 Å². The van der Waals surface area contributed by atoms with Crippen LogP contribution in [-0.4, -0.2) is 41.1 Å². The summed E-state index contributed by atoms with van der Waals surface area (Å²) in [6.07, 6.45) is 3.77. The second-order valence-corrected chi connectivity index (χ2v) is 3.83. The largest absolute Gasteiger partial charge is 0.355 e. The Labute approximate surface area is 78.6 Å². The molecule has 0 atom stereocenters. The van der Waals surface area contributed by atoms with Gasteiger partial charge in [-0.3, -0.25) is 0 Å². The quantitative estimate of drug-likeness (QED) is 0.730. The van der Waals surface area contributed by atoms with Crippen LogP contribution >= 0.6 is 0 Å². The molecule has 0 aromatic carbocycles. The summed E-state index contributed by atoms with van der Waals surface area (Å²) >= 11 is 0. The zero-order valence-corrected chi connectivity index (χ0v) is 8.20. The van der Waals surface area contributed by atoms with Crippen LogP contribution in [0.2, 0.25) is 0 Å². The molecular formula is C9H16N4. The van der Waals surface area contributed by atoms with Gasteiger partial charge in [0.15, 0.2) is 0 Å². The minimum Gasteiger partial charge on any atom is -0.355 e. The second-order valence-electron chi connectivity index (χ2n) is 3.83. The van der Waals surface area contributed by atoms with Crippen molar-refractivity contribution >= 4 is 5.95 Å². The third-order valence-electron chi connectivity index (χ3n) is 2.51. The molecule has 4 heteroatoms. The second kappa shape index (κ2) is 3.38. The third-order valence-corrected chi connectivity index (χ3v) is 2.51. The fraction of sp³-hybridized carbons (Fsp3) is 0.667. The van der Waals surface area contributed by atoms with E-state index in [9.17, 15) is 0 Å². The molecule has 1 aliphatic rings. The minimum atomic E-state index is 0.793. The Morgan fingerprint density at radius 1 is 1.54 bits per heavy atom. The minimum absolute atomic E-state index is 0.793. The van der Waals surface area contributed by atoms with Gasteiger partial charge in [-0.15, -0.1) is 0 Å². The highest BCUT2D eigenvalue weighted by molar-refractivity contribution is 5.25. The van der Waals surface area contributed by atoms with Gasteiger partial charge in [0.2, 0.25) is 5.95 Å². The molecule has 0 radical (unpaired) electrons. The average Bonchev–Trinajstić information content (AvgIpc) is 2.43. The lowest BCUT2D eigenvalue weighted by Crippen LogP contribution is -2.46. The predicted molar refractivity (Wildman–Crippen MR) is 52.7 cm³/mol. The van der Waals surface area contributed by atoms with Gasteiger partial charge in [0.25, 0.3) is 0 Å². The molecule has 0 aliphatic carbocycles. The topological polar surface area (TPSA) is 33.1 Å². The van der Waals surface area contributed by atoms with E-state index < -0.39 is 0 Å². The van der Waals surface area contributed by atoms with Crippen molar-refractivity contribution < 1.29 is 0 Å². The average molecular weight is 180 g/mol. The molecule has 1 aromatic heterocycles. The van der Waals surface area contributed by atoms with Crippen LogP contribution in [-0.2, 0) is 7.05 Å². The van der Waals surface area contributed by atoms with Crippen LogP contribution in [0.1, 0.15) is 0 Å². The Hall–Kier alpha value is -1.03. The fourth-order valence-electron chi connectivity index (χ4n) is 1.73. The van der Waals surface area contributed by atoms with Crippen molar-refractivity contribution in [2.24, 2.45) is 13.0 Å². The first-order chi connectivity index (χ1) is 6.25. The van der Waals surface area contributed by atoms with E-state index in [2.05, 4.69) is 22.2 Å². The van der Waals surface area contributed by atoms with E-state index in [1.165, 1.54) is 13.1 Å². The number of aromatic nitrogens is 2. The lowest BCUT2D eigenvalue weighted by molar-refractivity contribution is 0.144. The Bertz CT molecular complexity index is 275. The molecule has 13 heavy (non-hydrogen) atoms. The van der Waals surface area contributed by atoms with E-state index in [1.54, 1.807) is 0 Å². The highest BCUT2D eigenvalue weighted by Crippen LogP contribution is 2.13. The van der Waals surface area contributed by atoms with Crippen LogP contribution in [0.5, 0.6) is 0 Å². The van der Waals surface area contributed by atoms with Crippen molar-refractivity contribution in [3.8, 4) is 0 Å². The van der Waals surface area contributed by atoms with Crippen LogP contribution in [0.3, 0.4) is 0 Å². The van der Waals surface area contributed by atoms with Crippen molar-refractivity contribution in [1.29, 1.82) is 0 Å². The maximum absolute atomic E-state index is 4.20. The van der Waals surface area contributed by atoms with Crippen molar-refractivity contribution in [1.82, 2.24) is 14.5 Å². The number of likely N-dealkylation sites (tertiary alicyclic amines) is 1. The Morgan fingerprint density at radius 2 is 2.31 bits per heavy atom. The van der Waals surface area contributed by atoms with Gasteiger partial charge >= 0.3 is 0 Å².